The number of unbranched alkanes of at least 4 members (excludes halogenated alkanes) is 61. The Balaban J connectivity index is 3.36. The number of amides is 1. The molecule has 2 unspecified atom stereocenters. The van der Waals surface area contributed by atoms with Crippen LogP contribution < -0.4 is 5.32 Å². The molecule has 0 saturated carbocycles. The van der Waals surface area contributed by atoms with Crippen LogP contribution in [0.5, 0.6) is 0 Å². The number of nitrogens with one attached hydrogen (secondary N) is 1. The van der Waals surface area contributed by atoms with Crippen molar-refractivity contribution in [2.24, 2.45) is 0 Å². The van der Waals surface area contributed by atoms with Crippen LogP contribution in [-0.2, 0) is 14.3 Å². The SMILES string of the molecule is CCCCCC/C=C\C/C=C\CCCCCCCCCC(=O)OCCCCCCCCCCCCCC/C=C\CCCCCCCCCCCCCCCCCCC(=O)NC(CO)C(O)CCCCCCCCCCCCCCCCCCCCCCCCC. The largest absolute Gasteiger partial charge is 0.466 e. The monoisotopic (exact) mass is 1260 g/mol. The highest BCUT2D eigenvalue weighted by Crippen LogP contribution is 2.20. The van der Waals surface area contributed by atoms with E-state index in [9.17, 15) is 19.8 Å². The number of ether oxygens (including phenoxy) is 1. The van der Waals surface area contributed by atoms with Gasteiger partial charge in [0.1, 0.15) is 0 Å². The summed E-state index contributed by atoms with van der Waals surface area (Å²) in [5.41, 5.74) is 0. The van der Waals surface area contributed by atoms with Crippen molar-refractivity contribution in [1.29, 1.82) is 0 Å². The van der Waals surface area contributed by atoms with Crippen LogP contribution in [0.1, 0.15) is 463 Å². The van der Waals surface area contributed by atoms with Crippen molar-refractivity contribution in [3.8, 4) is 0 Å². The average Bonchev–Trinajstić information content (AvgIpc) is 3.60. The molecule has 0 spiro atoms. The van der Waals surface area contributed by atoms with Gasteiger partial charge in [-0.3, -0.25) is 9.59 Å². The molecule has 0 aliphatic heterocycles. The molecular formula is C84H161NO5. The van der Waals surface area contributed by atoms with Crippen LogP contribution in [0.2, 0.25) is 0 Å². The maximum absolute atomic E-state index is 12.6. The number of carbonyl (C=O) groups excluding carboxylic acids is 2. The van der Waals surface area contributed by atoms with Crippen molar-refractivity contribution in [3.63, 3.8) is 0 Å². The molecule has 6 nitrogen and oxygen atoms in total. The van der Waals surface area contributed by atoms with Crippen LogP contribution >= 0.6 is 0 Å². The van der Waals surface area contributed by atoms with Crippen LogP contribution in [0, 0.1) is 0 Å². The lowest BCUT2D eigenvalue weighted by Crippen LogP contribution is -2.45. The van der Waals surface area contributed by atoms with E-state index < -0.39 is 12.1 Å². The summed E-state index contributed by atoms with van der Waals surface area (Å²) in [6.45, 7) is 4.98. The average molecular weight is 1270 g/mol. The summed E-state index contributed by atoms with van der Waals surface area (Å²) in [6.07, 6.45) is 104. The van der Waals surface area contributed by atoms with Gasteiger partial charge in [-0.15, -0.1) is 0 Å². The van der Waals surface area contributed by atoms with Crippen LogP contribution in [-0.4, -0.2) is 47.4 Å². The van der Waals surface area contributed by atoms with E-state index in [4.69, 9.17) is 4.74 Å². The minimum Gasteiger partial charge on any atom is -0.466 e. The zero-order valence-corrected chi connectivity index (χ0v) is 61.1. The van der Waals surface area contributed by atoms with Gasteiger partial charge in [0.15, 0.2) is 0 Å². The molecule has 3 N–H and O–H groups in total. The van der Waals surface area contributed by atoms with Gasteiger partial charge < -0.3 is 20.3 Å². The van der Waals surface area contributed by atoms with Gasteiger partial charge in [-0.05, 0) is 83.5 Å². The molecule has 0 saturated heterocycles. The lowest BCUT2D eigenvalue weighted by molar-refractivity contribution is -0.143. The van der Waals surface area contributed by atoms with Crippen LogP contribution in [0.15, 0.2) is 36.5 Å². The molecule has 0 aromatic rings. The highest BCUT2D eigenvalue weighted by Gasteiger charge is 2.20. The first-order valence-corrected chi connectivity index (χ1v) is 41.2. The van der Waals surface area contributed by atoms with Gasteiger partial charge in [0.05, 0.1) is 25.4 Å². The summed E-state index contributed by atoms with van der Waals surface area (Å²) in [7, 11) is 0. The van der Waals surface area contributed by atoms with Gasteiger partial charge in [-0.1, -0.05) is 403 Å². The Kier molecular flexibility index (Phi) is 77.8. The van der Waals surface area contributed by atoms with Gasteiger partial charge in [0, 0.05) is 12.8 Å². The number of hydrogen-bond donors (Lipinski definition) is 3. The standard InChI is InChI=1S/C84H161NO5/c1-3-5-7-9-11-13-15-17-19-21-23-24-35-38-41-44-48-52-56-60-64-68-72-76-82(87)81(80-86)85-83(88)77-73-69-65-61-57-53-49-45-42-39-36-33-31-29-27-25-26-28-30-32-34-37-40-43-47-51-55-59-63-67-71-75-79-90-84(89)78-74-70-66-62-58-54-50-46-22-20-18-16-14-12-10-8-6-4-2/h14,16,20,22,28,30,81-82,86-87H,3-13,15,17-19,21,23-27,29,31-80H2,1-2H3,(H,85,88)/b16-14-,22-20-,30-28-. The molecule has 0 rings (SSSR count). The molecule has 0 aromatic heterocycles. The number of aliphatic hydroxyl groups is 2. The van der Waals surface area contributed by atoms with Gasteiger partial charge >= 0.3 is 5.97 Å². The van der Waals surface area contributed by atoms with Gasteiger partial charge in [0.25, 0.3) is 0 Å². The quantitative estimate of drug-likeness (QED) is 0.0320. The fourth-order valence-electron chi connectivity index (χ4n) is 13.1. The Labute approximate surface area is 564 Å². The maximum Gasteiger partial charge on any atom is 0.305 e. The second-order valence-electron chi connectivity index (χ2n) is 28.5. The van der Waals surface area contributed by atoms with Crippen LogP contribution in [0.25, 0.3) is 0 Å². The summed E-state index contributed by atoms with van der Waals surface area (Å²) >= 11 is 0. The number of esters is 1. The smallest absolute Gasteiger partial charge is 0.305 e. The summed E-state index contributed by atoms with van der Waals surface area (Å²) in [5.74, 6) is -0.0151. The molecule has 532 valence electrons. The minimum atomic E-state index is -0.664. The third kappa shape index (κ3) is 75.1. The second-order valence-corrected chi connectivity index (χ2v) is 28.5. The van der Waals surface area contributed by atoms with E-state index in [-0.39, 0.29) is 18.5 Å². The fourth-order valence-corrected chi connectivity index (χ4v) is 13.1. The van der Waals surface area contributed by atoms with Crippen molar-refractivity contribution in [1.82, 2.24) is 5.32 Å². The fraction of sp³-hybridized carbons (Fsp3) is 0.905. The van der Waals surface area contributed by atoms with E-state index in [0.717, 1.165) is 51.4 Å². The van der Waals surface area contributed by atoms with E-state index in [2.05, 4.69) is 55.6 Å². The number of carbonyl (C=O) groups is 2. The Bertz CT molecular complexity index is 1460. The summed E-state index contributed by atoms with van der Waals surface area (Å²) in [4.78, 5) is 24.7. The molecule has 0 aliphatic rings. The van der Waals surface area contributed by atoms with Crippen molar-refractivity contribution in [2.75, 3.05) is 13.2 Å². The number of rotatable bonds is 78. The second kappa shape index (κ2) is 79.5. The van der Waals surface area contributed by atoms with Crippen molar-refractivity contribution in [2.45, 2.75) is 475 Å². The third-order valence-corrected chi connectivity index (χ3v) is 19.4. The van der Waals surface area contributed by atoms with E-state index in [1.165, 1.54) is 379 Å². The Morgan fingerprint density at radius 2 is 0.556 bits per heavy atom. The molecular weight excluding hydrogens is 1100 g/mol. The molecule has 2 atom stereocenters. The third-order valence-electron chi connectivity index (χ3n) is 19.4. The molecule has 0 heterocycles. The highest BCUT2D eigenvalue weighted by molar-refractivity contribution is 5.76. The summed E-state index contributed by atoms with van der Waals surface area (Å²) in [6, 6.07) is -0.541. The zero-order valence-electron chi connectivity index (χ0n) is 61.1. The van der Waals surface area contributed by atoms with E-state index >= 15 is 0 Å². The number of aliphatic hydroxyl groups excluding tert-OH is 2. The van der Waals surface area contributed by atoms with E-state index in [0.29, 0.717) is 25.9 Å². The van der Waals surface area contributed by atoms with Crippen molar-refractivity contribution in [3.05, 3.63) is 36.5 Å². The Hall–Kier alpha value is -1.92. The molecule has 6 heteroatoms. The normalized spacial score (nSPS) is 12.6. The van der Waals surface area contributed by atoms with Crippen molar-refractivity contribution >= 4 is 11.9 Å². The Morgan fingerprint density at radius 1 is 0.311 bits per heavy atom. The topological polar surface area (TPSA) is 95.9 Å². The van der Waals surface area contributed by atoms with Gasteiger partial charge in [-0.25, -0.2) is 0 Å². The lowest BCUT2D eigenvalue weighted by Gasteiger charge is -2.22. The van der Waals surface area contributed by atoms with Crippen LogP contribution in [0.3, 0.4) is 0 Å². The van der Waals surface area contributed by atoms with Gasteiger partial charge in [0.2, 0.25) is 5.91 Å². The lowest BCUT2D eigenvalue weighted by atomic mass is 10.0. The van der Waals surface area contributed by atoms with Crippen molar-refractivity contribution < 1.29 is 24.5 Å². The first-order valence-electron chi connectivity index (χ1n) is 41.2. The molecule has 90 heavy (non-hydrogen) atoms. The molecule has 0 bridgehead atoms. The molecule has 0 aliphatic carbocycles. The predicted octanol–water partition coefficient (Wildman–Crippen LogP) is 27.4. The minimum absolute atomic E-state index is 0.0118. The molecule has 1 amide bonds. The Morgan fingerprint density at radius 3 is 0.867 bits per heavy atom. The molecule has 0 aromatic carbocycles. The van der Waals surface area contributed by atoms with E-state index in [1.54, 1.807) is 0 Å². The van der Waals surface area contributed by atoms with Gasteiger partial charge in [-0.2, -0.15) is 0 Å². The zero-order chi connectivity index (χ0) is 64.9. The predicted molar refractivity (Wildman–Crippen MR) is 398 cm³/mol. The summed E-state index contributed by atoms with van der Waals surface area (Å²) in [5, 5.41) is 23.5. The first-order chi connectivity index (χ1) is 44.5. The first kappa shape index (κ1) is 88.1. The number of hydrogen-bond acceptors (Lipinski definition) is 5. The maximum atomic E-state index is 12.6. The van der Waals surface area contributed by atoms with Crippen LogP contribution in [0.4, 0.5) is 0 Å². The summed E-state index contributed by atoms with van der Waals surface area (Å²) < 4.78 is 5.51. The molecule has 0 radical (unpaired) electrons. The van der Waals surface area contributed by atoms with E-state index in [1.807, 2.05) is 0 Å². The molecule has 0 fully saturated rings. The number of allylic oxidation sites excluding steroid dienone is 6. The highest BCUT2D eigenvalue weighted by atomic mass is 16.5.